The molecular formula is C24H27N3O3. The van der Waals surface area contributed by atoms with Gasteiger partial charge < -0.3 is 9.47 Å². The van der Waals surface area contributed by atoms with Crippen molar-refractivity contribution in [3.8, 4) is 5.75 Å². The van der Waals surface area contributed by atoms with Crippen LogP contribution in [0.5, 0.6) is 5.75 Å². The molecule has 2 heterocycles. The third-order valence-electron chi connectivity index (χ3n) is 6.40. The molecule has 1 saturated heterocycles. The third kappa shape index (κ3) is 3.50. The molecule has 0 unspecified atom stereocenters. The van der Waals surface area contributed by atoms with E-state index in [1.807, 2.05) is 12.1 Å². The number of aryl methyl sites for hydroxylation is 1. The molecule has 3 aliphatic rings. The molecule has 1 amide bonds. The SMILES string of the molecule is COc1ccc([C@H]2[C@H]3CCc4ccccc4C3=NN2C(=O)CN2CCOCC2)cc1. The molecule has 1 aliphatic carbocycles. The van der Waals surface area contributed by atoms with Crippen LogP contribution in [-0.2, 0) is 16.0 Å². The van der Waals surface area contributed by atoms with Gasteiger partial charge in [-0.05, 0) is 36.1 Å². The largest absolute Gasteiger partial charge is 0.497 e. The van der Waals surface area contributed by atoms with Crippen LogP contribution in [0.15, 0.2) is 53.6 Å². The summed E-state index contributed by atoms with van der Waals surface area (Å²) in [6, 6.07) is 16.4. The monoisotopic (exact) mass is 405 g/mol. The van der Waals surface area contributed by atoms with Gasteiger partial charge in [-0.25, -0.2) is 5.01 Å². The van der Waals surface area contributed by atoms with Crippen LogP contribution >= 0.6 is 0 Å². The van der Waals surface area contributed by atoms with Gasteiger partial charge in [-0.2, -0.15) is 5.10 Å². The van der Waals surface area contributed by atoms with Crippen molar-refractivity contribution in [2.45, 2.75) is 18.9 Å². The first-order valence-corrected chi connectivity index (χ1v) is 10.7. The minimum Gasteiger partial charge on any atom is -0.497 e. The normalized spacial score (nSPS) is 23.5. The zero-order chi connectivity index (χ0) is 20.5. The number of morpholine rings is 1. The minimum atomic E-state index is -0.0761. The van der Waals surface area contributed by atoms with Gasteiger partial charge in [0, 0.05) is 24.6 Å². The quantitative estimate of drug-likeness (QED) is 0.785. The van der Waals surface area contributed by atoms with Crippen LogP contribution in [0, 0.1) is 5.92 Å². The first kappa shape index (κ1) is 19.3. The van der Waals surface area contributed by atoms with Gasteiger partial charge in [0.1, 0.15) is 5.75 Å². The molecule has 0 saturated carbocycles. The fourth-order valence-corrected chi connectivity index (χ4v) is 4.83. The number of fused-ring (bicyclic) bond motifs is 3. The summed E-state index contributed by atoms with van der Waals surface area (Å²) < 4.78 is 10.8. The van der Waals surface area contributed by atoms with Gasteiger partial charge in [0.2, 0.25) is 0 Å². The summed E-state index contributed by atoms with van der Waals surface area (Å²) in [4.78, 5) is 15.5. The number of benzene rings is 2. The van der Waals surface area contributed by atoms with Crippen LogP contribution in [0.1, 0.15) is 29.2 Å². The Hall–Kier alpha value is -2.70. The Bertz CT molecular complexity index is 950. The van der Waals surface area contributed by atoms with Crippen LogP contribution < -0.4 is 4.74 Å². The fraction of sp³-hybridized carbons (Fsp3) is 0.417. The standard InChI is InChI=1S/C24H27N3O3/c1-29-19-9-6-18(7-10-19)24-21-11-8-17-4-2-3-5-20(17)23(21)25-27(24)22(28)16-26-12-14-30-15-13-26/h2-7,9-10,21,24H,8,11-16H2,1H3/t21-,24-/m0/s1. The van der Waals surface area contributed by atoms with Gasteiger partial charge in [0.15, 0.2) is 0 Å². The number of amides is 1. The Labute approximate surface area is 177 Å². The molecule has 5 rings (SSSR count). The van der Waals surface area contributed by atoms with E-state index in [9.17, 15) is 4.79 Å². The van der Waals surface area contributed by atoms with Crippen molar-refractivity contribution in [2.75, 3.05) is 40.0 Å². The maximum Gasteiger partial charge on any atom is 0.257 e. The van der Waals surface area contributed by atoms with Crippen molar-refractivity contribution in [3.05, 3.63) is 65.2 Å². The molecule has 1 fully saturated rings. The number of hydrogen-bond acceptors (Lipinski definition) is 5. The number of hydrogen-bond donors (Lipinski definition) is 0. The summed E-state index contributed by atoms with van der Waals surface area (Å²) in [5.41, 5.74) is 4.67. The van der Waals surface area contributed by atoms with E-state index in [1.165, 1.54) is 11.1 Å². The predicted octanol–water partition coefficient (Wildman–Crippen LogP) is 2.88. The van der Waals surface area contributed by atoms with Gasteiger partial charge in [-0.15, -0.1) is 0 Å². The van der Waals surface area contributed by atoms with Gasteiger partial charge in [0.25, 0.3) is 5.91 Å². The molecule has 0 N–H and O–H groups in total. The average molecular weight is 405 g/mol. The lowest BCUT2D eigenvalue weighted by Gasteiger charge is -2.31. The lowest BCUT2D eigenvalue weighted by molar-refractivity contribution is -0.135. The highest BCUT2D eigenvalue weighted by molar-refractivity contribution is 6.06. The Morgan fingerprint density at radius 1 is 1.13 bits per heavy atom. The van der Waals surface area contributed by atoms with Crippen LogP contribution in [0.4, 0.5) is 0 Å². The number of ether oxygens (including phenoxy) is 2. The zero-order valence-corrected chi connectivity index (χ0v) is 17.3. The lowest BCUT2D eigenvalue weighted by atomic mass is 9.77. The number of carbonyl (C=O) groups excluding carboxylic acids is 1. The van der Waals surface area contributed by atoms with E-state index >= 15 is 0 Å². The van der Waals surface area contributed by atoms with Crippen molar-refractivity contribution >= 4 is 11.6 Å². The number of hydrazone groups is 1. The van der Waals surface area contributed by atoms with Gasteiger partial charge in [0.05, 0.1) is 38.6 Å². The highest BCUT2D eigenvalue weighted by Gasteiger charge is 2.43. The Morgan fingerprint density at radius 3 is 2.67 bits per heavy atom. The summed E-state index contributed by atoms with van der Waals surface area (Å²) in [6.45, 7) is 3.31. The van der Waals surface area contributed by atoms with Crippen molar-refractivity contribution in [3.63, 3.8) is 0 Å². The zero-order valence-electron chi connectivity index (χ0n) is 17.3. The Kier molecular flexibility index (Phi) is 5.27. The van der Waals surface area contributed by atoms with E-state index in [4.69, 9.17) is 14.6 Å². The molecule has 6 nitrogen and oxygen atoms in total. The van der Waals surface area contributed by atoms with E-state index in [-0.39, 0.29) is 17.9 Å². The minimum absolute atomic E-state index is 0.0529. The number of nitrogens with zero attached hydrogens (tertiary/aromatic N) is 3. The lowest BCUT2D eigenvalue weighted by Crippen LogP contribution is -2.44. The fourth-order valence-electron chi connectivity index (χ4n) is 4.83. The van der Waals surface area contributed by atoms with E-state index < -0.39 is 0 Å². The molecule has 2 aromatic carbocycles. The third-order valence-corrected chi connectivity index (χ3v) is 6.40. The smallest absolute Gasteiger partial charge is 0.257 e. The second-order valence-electron chi connectivity index (χ2n) is 8.13. The van der Waals surface area contributed by atoms with E-state index in [0.29, 0.717) is 19.8 Å². The topological polar surface area (TPSA) is 54.4 Å². The highest BCUT2D eigenvalue weighted by Crippen LogP contribution is 2.43. The summed E-state index contributed by atoms with van der Waals surface area (Å²) >= 11 is 0. The maximum atomic E-state index is 13.4. The second-order valence-corrected chi connectivity index (χ2v) is 8.13. The van der Waals surface area contributed by atoms with Crippen molar-refractivity contribution in [1.29, 1.82) is 0 Å². The molecular weight excluding hydrogens is 378 g/mol. The summed E-state index contributed by atoms with van der Waals surface area (Å²) in [6.07, 6.45) is 2.01. The van der Waals surface area contributed by atoms with Gasteiger partial charge >= 0.3 is 0 Å². The molecule has 0 spiro atoms. The molecule has 30 heavy (non-hydrogen) atoms. The van der Waals surface area contributed by atoms with E-state index in [1.54, 1.807) is 12.1 Å². The molecule has 2 aromatic rings. The Balaban J connectivity index is 1.49. The number of methoxy groups -OCH3 is 1. The molecule has 156 valence electrons. The highest BCUT2D eigenvalue weighted by atomic mass is 16.5. The van der Waals surface area contributed by atoms with E-state index in [2.05, 4.69) is 41.3 Å². The molecule has 2 aliphatic heterocycles. The van der Waals surface area contributed by atoms with Gasteiger partial charge in [-0.3, -0.25) is 9.69 Å². The Morgan fingerprint density at radius 2 is 1.90 bits per heavy atom. The molecule has 2 atom stereocenters. The van der Waals surface area contributed by atoms with E-state index in [0.717, 1.165) is 43.0 Å². The van der Waals surface area contributed by atoms with Crippen molar-refractivity contribution < 1.29 is 14.3 Å². The van der Waals surface area contributed by atoms with Crippen LogP contribution in [0.25, 0.3) is 0 Å². The average Bonchev–Trinajstić information content (AvgIpc) is 3.20. The molecule has 0 aromatic heterocycles. The first-order valence-electron chi connectivity index (χ1n) is 10.7. The van der Waals surface area contributed by atoms with Crippen LogP contribution in [-0.4, -0.2) is 61.5 Å². The number of rotatable bonds is 4. The van der Waals surface area contributed by atoms with Crippen LogP contribution in [0.2, 0.25) is 0 Å². The maximum absolute atomic E-state index is 13.4. The van der Waals surface area contributed by atoms with Crippen molar-refractivity contribution in [2.24, 2.45) is 11.0 Å². The summed E-state index contributed by atoms with van der Waals surface area (Å²) in [5, 5.41) is 6.68. The van der Waals surface area contributed by atoms with Crippen LogP contribution in [0.3, 0.4) is 0 Å². The number of carbonyl (C=O) groups is 1. The molecule has 6 heteroatoms. The summed E-state index contributed by atoms with van der Waals surface area (Å²) in [7, 11) is 1.67. The molecule has 0 bridgehead atoms. The molecule has 0 radical (unpaired) electrons. The first-order chi connectivity index (χ1) is 14.7. The predicted molar refractivity (Wildman–Crippen MR) is 115 cm³/mol. The summed E-state index contributed by atoms with van der Waals surface area (Å²) in [5.74, 6) is 1.08. The van der Waals surface area contributed by atoms with Gasteiger partial charge in [-0.1, -0.05) is 36.4 Å². The van der Waals surface area contributed by atoms with Crippen molar-refractivity contribution in [1.82, 2.24) is 9.91 Å². The second kappa shape index (κ2) is 8.20.